The first-order valence-corrected chi connectivity index (χ1v) is 8.32. The standard InChI is InChI=1S/C17H30O6.Y/c1-5-13(8-12(4)18)14(6-2)9-17(21)23-11-15(19)10-22-16(20)7-3;/h13-15,19H,5-11H2,1-4H3;. The Morgan fingerprint density at radius 3 is 1.75 bits per heavy atom. The Bertz CT molecular complexity index is 385. The molecule has 0 heterocycles. The monoisotopic (exact) mass is 419 g/mol. The van der Waals surface area contributed by atoms with Crippen molar-refractivity contribution in [1.82, 2.24) is 0 Å². The van der Waals surface area contributed by atoms with Gasteiger partial charge in [0, 0.05) is 52.0 Å². The van der Waals surface area contributed by atoms with Gasteiger partial charge in [0.2, 0.25) is 0 Å². The van der Waals surface area contributed by atoms with E-state index in [-0.39, 0.29) is 76.4 Å². The van der Waals surface area contributed by atoms with E-state index in [2.05, 4.69) is 0 Å². The van der Waals surface area contributed by atoms with Gasteiger partial charge in [-0.1, -0.05) is 33.6 Å². The second kappa shape index (κ2) is 15.0. The molecule has 0 aromatic rings. The molecule has 0 aliphatic rings. The first-order valence-electron chi connectivity index (χ1n) is 8.32. The number of carbonyl (C=O) groups excluding carboxylic acids is 3. The van der Waals surface area contributed by atoms with Crippen molar-refractivity contribution < 1.29 is 61.7 Å². The van der Waals surface area contributed by atoms with Crippen molar-refractivity contribution in [2.45, 2.75) is 65.9 Å². The van der Waals surface area contributed by atoms with Gasteiger partial charge < -0.3 is 19.4 Å². The minimum Gasteiger partial charge on any atom is -0.463 e. The summed E-state index contributed by atoms with van der Waals surface area (Å²) in [6.07, 6.45) is 1.54. The quantitative estimate of drug-likeness (QED) is 0.488. The Kier molecular flexibility index (Phi) is 16.2. The number of ketones is 1. The predicted octanol–water partition coefficient (Wildman–Crippen LogP) is 2.26. The Morgan fingerprint density at radius 1 is 0.875 bits per heavy atom. The van der Waals surface area contributed by atoms with E-state index in [1.54, 1.807) is 13.8 Å². The summed E-state index contributed by atoms with van der Waals surface area (Å²) in [6.45, 7) is 6.83. The van der Waals surface area contributed by atoms with Gasteiger partial charge in [0.05, 0.1) is 0 Å². The summed E-state index contributed by atoms with van der Waals surface area (Å²) in [5, 5.41) is 9.61. The fraction of sp³-hybridized carbons (Fsp3) is 0.824. The largest absolute Gasteiger partial charge is 0.463 e. The molecule has 0 aliphatic carbocycles. The molecule has 0 fully saturated rings. The third-order valence-electron chi connectivity index (χ3n) is 3.86. The van der Waals surface area contributed by atoms with Crippen LogP contribution in [0.4, 0.5) is 0 Å². The van der Waals surface area contributed by atoms with Gasteiger partial charge in [-0.3, -0.25) is 9.59 Å². The number of ether oxygens (including phenoxy) is 2. The van der Waals surface area contributed by atoms with E-state index < -0.39 is 18.0 Å². The van der Waals surface area contributed by atoms with Gasteiger partial charge in [-0.25, -0.2) is 0 Å². The van der Waals surface area contributed by atoms with Crippen molar-refractivity contribution in [1.29, 1.82) is 0 Å². The molecule has 0 spiro atoms. The molecule has 0 aromatic heterocycles. The molecular formula is C17H30O6Y. The van der Waals surface area contributed by atoms with Gasteiger partial charge in [0.1, 0.15) is 25.1 Å². The number of carbonyl (C=O) groups is 3. The van der Waals surface area contributed by atoms with Gasteiger partial charge in [0.25, 0.3) is 0 Å². The zero-order valence-corrected chi connectivity index (χ0v) is 18.1. The molecule has 0 saturated heterocycles. The average molecular weight is 419 g/mol. The minimum atomic E-state index is -1.02. The van der Waals surface area contributed by atoms with Crippen molar-refractivity contribution in [2.24, 2.45) is 11.8 Å². The molecule has 24 heavy (non-hydrogen) atoms. The summed E-state index contributed by atoms with van der Waals surface area (Å²) in [6, 6.07) is 0. The molecule has 137 valence electrons. The molecule has 0 bridgehead atoms. The number of rotatable bonds is 12. The van der Waals surface area contributed by atoms with Crippen molar-refractivity contribution in [3.63, 3.8) is 0 Å². The maximum absolute atomic E-state index is 11.9. The van der Waals surface area contributed by atoms with Gasteiger partial charge in [-0.2, -0.15) is 0 Å². The Labute approximate surface area is 169 Å². The van der Waals surface area contributed by atoms with Crippen LogP contribution < -0.4 is 0 Å². The second-order valence-electron chi connectivity index (χ2n) is 5.82. The van der Waals surface area contributed by atoms with E-state index in [0.29, 0.717) is 6.42 Å². The van der Waals surface area contributed by atoms with Crippen LogP contribution in [0, 0.1) is 11.8 Å². The zero-order chi connectivity index (χ0) is 17.8. The number of aliphatic hydroxyl groups excluding tert-OH is 1. The van der Waals surface area contributed by atoms with Crippen molar-refractivity contribution in [3.05, 3.63) is 0 Å². The van der Waals surface area contributed by atoms with Crippen LogP contribution in [-0.4, -0.2) is 42.1 Å². The number of aliphatic hydroxyl groups is 1. The molecule has 1 radical (unpaired) electrons. The Hall–Kier alpha value is -0.326. The van der Waals surface area contributed by atoms with Crippen LogP contribution in [-0.2, 0) is 56.6 Å². The van der Waals surface area contributed by atoms with Gasteiger partial charge in [0.15, 0.2) is 0 Å². The van der Waals surface area contributed by atoms with Gasteiger partial charge >= 0.3 is 11.9 Å². The molecule has 6 nitrogen and oxygen atoms in total. The fourth-order valence-electron chi connectivity index (χ4n) is 2.46. The SMILES string of the molecule is CCC(=O)OCC(O)COC(=O)CC(CC)C(CC)CC(C)=O.[Y]. The topological polar surface area (TPSA) is 89.9 Å². The Balaban J connectivity index is 0. The maximum Gasteiger partial charge on any atom is 0.306 e. The van der Waals surface area contributed by atoms with Crippen LogP contribution in [0.5, 0.6) is 0 Å². The molecule has 0 aromatic carbocycles. The van der Waals surface area contributed by atoms with Crippen molar-refractivity contribution in [2.75, 3.05) is 13.2 Å². The molecule has 0 amide bonds. The third kappa shape index (κ3) is 12.1. The minimum absolute atomic E-state index is 0. The summed E-state index contributed by atoms with van der Waals surface area (Å²) in [4.78, 5) is 34.2. The first kappa shape index (κ1) is 25.9. The Morgan fingerprint density at radius 2 is 1.33 bits per heavy atom. The molecule has 3 unspecified atom stereocenters. The van der Waals surface area contributed by atoms with Gasteiger partial charge in [-0.15, -0.1) is 0 Å². The summed E-state index contributed by atoms with van der Waals surface area (Å²) < 4.78 is 9.81. The van der Waals surface area contributed by atoms with Gasteiger partial charge in [-0.05, 0) is 18.8 Å². The van der Waals surface area contributed by atoms with E-state index in [0.717, 1.165) is 12.8 Å². The van der Waals surface area contributed by atoms with E-state index in [4.69, 9.17) is 9.47 Å². The molecule has 1 N–H and O–H groups in total. The zero-order valence-electron chi connectivity index (χ0n) is 15.2. The van der Waals surface area contributed by atoms with Crippen LogP contribution in [0.2, 0.25) is 0 Å². The van der Waals surface area contributed by atoms with Crippen LogP contribution >= 0.6 is 0 Å². The maximum atomic E-state index is 11.9. The molecular weight excluding hydrogens is 389 g/mol. The first-order chi connectivity index (χ1) is 10.8. The second-order valence-corrected chi connectivity index (χ2v) is 5.82. The van der Waals surface area contributed by atoms with Crippen LogP contribution in [0.1, 0.15) is 59.8 Å². The van der Waals surface area contributed by atoms with Crippen LogP contribution in [0.25, 0.3) is 0 Å². The molecule has 0 saturated carbocycles. The van der Waals surface area contributed by atoms with Crippen molar-refractivity contribution >= 4 is 17.7 Å². The average Bonchev–Trinajstić information content (AvgIpc) is 2.53. The summed E-state index contributed by atoms with van der Waals surface area (Å²) in [5.41, 5.74) is 0. The summed E-state index contributed by atoms with van der Waals surface area (Å²) in [5.74, 6) is -0.431. The summed E-state index contributed by atoms with van der Waals surface area (Å²) >= 11 is 0. The smallest absolute Gasteiger partial charge is 0.306 e. The van der Waals surface area contributed by atoms with E-state index in [9.17, 15) is 19.5 Å². The fourth-order valence-corrected chi connectivity index (χ4v) is 2.46. The van der Waals surface area contributed by atoms with E-state index in [1.165, 1.54) is 0 Å². The number of hydrogen-bond acceptors (Lipinski definition) is 6. The molecule has 7 heteroatoms. The van der Waals surface area contributed by atoms with Crippen molar-refractivity contribution in [3.8, 4) is 0 Å². The summed E-state index contributed by atoms with van der Waals surface area (Å²) in [7, 11) is 0. The predicted molar refractivity (Wildman–Crippen MR) is 85.7 cm³/mol. The number of Topliss-reactive ketones (excluding diaryl/α,β-unsaturated/α-hetero) is 1. The van der Waals surface area contributed by atoms with Crippen LogP contribution in [0.3, 0.4) is 0 Å². The molecule has 3 atom stereocenters. The molecule has 0 rings (SSSR count). The number of esters is 2. The normalized spacial score (nSPS) is 14.0. The number of hydrogen-bond donors (Lipinski definition) is 1. The third-order valence-corrected chi connectivity index (χ3v) is 3.86. The molecule has 0 aliphatic heterocycles. The van der Waals surface area contributed by atoms with E-state index in [1.807, 2.05) is 13.8 Å². The van der Waals surface area contributed by atoms with Crippen LogP contribution in [0.15, 0.2) is 0 Å². The van der Waals surface area contributed by atoms with E-state index >= 15 is 0 Å².